The third-order valence-corrected chi connectivity index (χ3v) is 4.72. The van der Waals surface area contributed by atoms with Crippen molar-refractivity contribution in [3.8, 4) is 0 Å². The molecule has 2 atom stereocenters. The number of carbonyl (C=O) groups excluding carboxylic acids is 1. The van der Waals surface area contributed by atoms with E-state index >= 15 is 0 Å². The molecule has 1 saturated heterocycles. The highest BCUT2D eigenvalue weighted by Crippen LogP contribution is 2.22. The molecule has 1 heterocycles. The summed E-state index contributed by atoms with van der Waals surface area (Å²) in [4.78, 5) is 12.0. The van der Waals surface area contributed by atoms with E-state index in [9.17, 15) is 9.00 Å². The fraction of sp³-hybridized carbons (Fsp3) is 0.533. The molecular formula is C15H21ClN2O2S. The monoisotopic (exact) mass is 328 g/mol. The van der Waals surface area contributed by atoms with Crippen molar-refractivity contribution in [3.05, 3.63) is 28.8 Å². The summed E-state index contributed by atoms with van der Waals surface area (Å²) in [5.74, 6) is 1.03. The van der Waals surface area contributed by atoms with E-state index in [0.717, 1.165) is 37.2 Å². The number of benzene rings is 1. The van der Waals surface area contributed by atoms with Crippen molar-refractivity contribution in [2.24, 2.45) is 5.92 Å². The lowest BCUT2D eigenvalue weighted by molar-refractivity contribution is -0.116. The van der Waals surface area contributed by atoms with Crippen LogP contribution in [0.15, 0.2) is 18.2 Å². The lowest BCUT2D eigenvalue weighted by Gasteiger charge is -2.10. The number of hydrogen-bond donors (Lipinski definition) is 2. The summed E-state index contributed by atoms with van der Waals surface area (Å²) in [6.45, 7) is 2.07. The predicted molar refractivity (Wildman–Crippen MR) is 88.1 cm³/mol. The van der Waals surface area contributed by atoms with Gasteiger partial charge in [0.05, 0.1) is 0 Å². The maximum atomic E-state index is 12.0. The van der Waals surface area contributed by atoms with Gasteiger partial charge in [0.25, 0.3) is 0 Å². The zero-order valence-corrected chi connectivity index (χ0v) is 13.7. The molecule has 1 aromatic rings. The SMILES string of the molecule is CS(=O)Cc1cc(NC(=O)CCC2CCNC2)ccc1Cl. The van der Waals surface area contributed by atoms with Gasteiger partial charge in [0, 0.05) is 39.9 Å². The molecule has 4 nitrogen and oxygen atoms in total. The first-order chi connectivity index (χ1) is 10.0. The maximum absolute atomic E-state index is 12.0. The first-order valence-corrected chi connectivity index (χ1v) is 9.24. The summed E-state index contributed by atoms with van der Waals surface area (Å²) < 4.78 is 11.3. The molecule has 0 aliphatic carbocycles. The summed E-state index contributed by atoms with van der Waals surface area (Å²) in [6, 6.07) is 5.32. The normalized spacial score (nSPS) is 19.4. The van der Waals surface area contributed by atoms with Crippen molar-refractivity contribution in [2.45, 2.75) is 25.0 Å². The summed E-state index contributed by atoms with van der Waals surface area (Å²) >= 11 is 6.07. The summed E-state index contributed by atoms with van der Waals surface area (Å²) in [6.07, 6.45) is 4.24. The molecule has 2 N–H and O–H groups in total. The highest BCUT2D eigenvalue weighted by Gasteiger charge is 2.15. The van der Waals surface area contributed by atoms with Gasteiger partial charge >= 0.3 is 0 Å². The molecule has 21 heavy (non-hydrogen) atoms. The van der Waals surface area contributed by atoms with Crippen molar-refractivity contribution in [2.75, 3.05) is 24.7 Å². The molecule has 0 radical (unpaired) electrons. The van der Waals surface area contributed by atoms with E-state index in [4.69, 9.17) is 11.6 Å². The molecular weight excluding hydrogens is 308 g/mol. The van der Waals surface area contributed by atoms with E-state index in [1.165, 1.54) is 0 Å². The number of nitrogens with one attached hydrogen (secondary N) is 2. The van der Waals surface area contributed by atoms with E-state index in [1.54, 1.807) is 24.5 Å². The minimum absolute atomic E-state index is 0.0211. The molecule has 1 aromatic carbocycles. The second kappa shape index (κ2) is 7.92. The van der Waals surface area contributed by atoms with Gasteiger partial charge < -0.3 is 10.6 Å². The molecule has 116 valence electrons. The number of halogens is 1. The van der Waals surface area contributed by atoms with Crippen LogP contribution in [-0.4, -0.2) is 29.5 Å². The maximum Gasteiger partial charge on any atom is 0.224 e. The third-order valence-electron chi connectivity index (χ3n) is 3.63. The summed E-state index contributed by atoms with van der Waals surface area (Å²) in [5.41, 5.74) is 1.52. The van der Waals surface area contributed by atoms with Crippen LogP contribution >= 0.6 is 11.6 Å². The van der Waals surface area contributed by atoms with Gasteiger partial charge in [0.15, 0.2) is 0 Å². The molecule has 1 aliphatic heterocycles. The number of carbonyl (C=O) groups is 1. The lowest BCUT2D eigenvalue weighted by atomic mass is 10.0. The highest BCUT2D eigenvalue weighted by molar-refractivity contribution is 7.83. The Morgan fingerprint density at radius 1 is 1.52 bits per heavy atom. The Labute approximate surface area is 133 Å². The van der Waals surface area contributed by atoms with Gasteiger partial charge in [-0.1, -0.05) is 11.6 Å². The van der Waals surface area contributed by atoms with Crippen LogP contribution in [-0.2, 0) is 21.3 Å². The topological polar surface area (TPSA) is 58.2 Å². The summed E-state index contributed by atoms with van der Waals surface area (Å²) in [5, 5.41) is 6.78. The van der Waals surface area contributed by atoms with Gasteiger partial charge in [-0.2, -0.15) is 0 Å². The number of amides is 1. The average molecular weight is 329 g/mol. The van der Waals surface area contributed by atoms with Crippen LogP contribution in [0.3, 0.4) is 0 Å². The minimum Gasteiger partial charge on any atom is -0.326 e. The van der Waals surface area contributed by atoms with Gasteiger partial charge in [0.2, 0.25) is 5.91 Å². The standard InChI is InChI=1S/C15H21ClN2O2S/c1-21(20)10-12-8-13(3-4-14(12)16)18-15(19)5-2-11-6-7-17-9-11/h3-4,8,11,17H,2,5-7,9-10H2,1H3,(H,18,19). The molecule has 2 unspecified atom stereocenters. The first kappa shape index (κ1) is 16.5. The Bertz CT molecular complexity index is 530. The van der Waals surface area contributed by atoms with Crippen molar-refractivity contribution in [1.29, 1.82) is 0 Å². The first-order valence-electron chi connectivity index (χ1n) is 7.13. The largest absolute Gasteiger partial charge is 0.326 e. The van der Waals surface area contributed by atoms with Gasteiger partial charge in [-0.25, -0.2) is 0 Å². The van der Waals surface area contributed by atoms with Crippen LogP contribution in [0.4, 0.5) is 5.69 Å². The zero-order chi connectivity index (χ0) is 15.2. The van der Waals surface area contributed by atoms with E-state index in [0.29, 0.717) is 23.1 Å². The average Bonchev–Trinajstić information content (AvgIpc) is 2.93. The second-order valence-electron chi connectivity index (χ2n) is 5.47. The van der Waals surface area contributed by atoms with Crippen molar-refractivity contribution < 1.29 is 9.00 Å². The van der Waals surface area contributed by atoms with Gasteiger partial charge in [-0.3, -0.25) is 9.00 Å². The Morgan fingerprint density at radius 2 is 2.33 bits per heavy atom. The number of rotatable bonds is 6. The van der Waals surface area contributed by atoms with E-state index in [-0.39, 0.29) is 5.91 Å². The van der Waals surface area contributed by atoms with Crippen LogP contribution in [0.5, 0.6) is 0 Å². The lowest BCUT2D eigenvalue weighted by Crippen LogP contribution is -2.15. The number of hydrogen-bond acceptors (Lipinski definition) is 3. The molecule has 1 fully saturated rings. The van der Waals surface area contributed by atoms with E-state index in [2.05, 4.69) is 10.6 Å². The Balaban J connectivity index is 1.89. The van der Waals surface area contributed by atoms with Gasteiger partial charge in [0.1, 0.15) is 0 Å². The van der Waals surface area contributed by atoms with Crippen molar-refractivity contribution in [1.82, 2.24) is 5.32 Å². The summed E-state index contributed by atoms with van der Waals surface area (Å²) in [7, 11) is -0.957. The molecule has 0 aromatic heterocycles. The van der Waals surface area contributed by atoms with Crippen LogP contribution in [0.2, 0.25) is 5.02 Å². The minimum atomic E-state index is -0.957. The second-order valence-corrected chi connectivity index (χ2v) is 7.31. The number of anilines is 1. The molecule has 6 heteroatoms. The van der Waals surface area contributed by atoms with Crippen LogP contribution in [0, 0.1) is 5.92 Å². The smallest absolute Gasteiger partial charge is 0.224 e. The third kappa shape index (κ3) is 5.41. The Hall–Kier alpha value is -0.910. The Morgan fingerprint density at radius 3 is 3.00 bits per heavy atom. The highest BCUT2D eigenvalue weighted by atomic mass is 35.5. The van der Waals surface area contributed by atoms with Crippen molar-refractivity contribution >= 4 is 34.0 Å². The van der Waals surface area contributed by atoms with Crippen molar-refractivity contribution in [3.63, 3.8) is 0 Å². The zero-order valence-electron chi connectivity index (χ0n) is 12.2. The van der Waals surface area contributed by atoms with Crippen LogP contribution in [0.1, 0.15) is 24.8 Å². The van der Waals surface area contributed by atoms with Gasteiger partial charge in [-0.05, 0) is 55.6 Å². The van der Waals surface area contributed by atoms with Crippen LogP contribution < -0.4 is 10.6 Å². The molecule has 1 aliphatic rings. The van der Waals surface area contributed by atoms with E-state index < -0.39 is 10.8 Å². The quantitative estimate of drug-likeness (QED) is 0.843. The molecule has 0 saturated carbocycles. The van der Waals surface area contributed by atoms with E-state index in [1.807, 2.05) is 0 Å². The van der Waals surface area contributed by atoms with Gasteiger partial charge in [-0.15, -0.1) is 0 Å². The molecule has 0 spiro atoms. The molecule has 2 rings (SSSR count). The fourth-order valence-corrected chi connectivity index (χ4v) is 3.44. The molecule has 0 bridgehead atoms. The fourth-order valence-electron chi connectivity index (χ4n) is 2.50. The molecule has 1 amide bonds. The Kier molecular flexibility index (Phi) is 6.21. The predicted octanol–water partition coefficient (Wildman–Crippen LogP) is 2.55. The van der Waals surface area contributed by atoms with Crippen LogP contribution in [0.25, 0.3) is 0 Å².